The number of hydrogen-bond donors (Lipinski definition) is 1. The van der Waals surface area contributed by atoms with Crippen LogP contribution in [0.25, 0.3) is 16.8 Å². The van der Waals surface area contributed by atoms with E-state index in [0.717, 1.165) is 44.8 Å². The maximum absolute atomic E-state index is 12.4. The van der Waals surface area contributed by atoms with Crippen molar-refractivity contribution >= 4 is 17.6 Å². The number of amides is 1. The van der Waals surface area contributed by atoms with Crippen molar-refractivity contribution in [2.45, 2.75) is 66.0 Å². The van der Waals surface area contributed by atoms with E-state index in [1.165, 1.54) is 7.11 Å². The molecule has 1 aromatic carbocycles. The molecule has 7 heteroatoms. The van der Waals surface area contributed by atoms with Crippen LogP contribution in [0.4, 0.5) is 4.79 Å². The Morgan fingerprint density at radius 2 is 1.94 bits per heavy atom. The number of fused-ring (bicyclic) bond motifs is 3. The van der Waals surface area contributed by atoms with Gasteiger partial charge in [0, 0.05) is 23.7 Å². The summed E-state index contributed by atoms with van der Waals surface area (Å²) >= 11 is 0. The van der Waals surface area contributed by atoms with Gasteiger partial charge in [-0.2, -0.15) is 0 Å². The number of ether oxygens (including phenoxy) is 3. The highest BCUT2D eigenvalue weighted by Crippen LogP contribution is 2.48. The molecule has 2 aromatic rings. The Morgan fingerprint density at radius 1 is 1.23 bits per heavy atom. The van der Waals surface area contributed by atoms with Gasteiger partial charge in [-0.05, 0) is 82.4 Å². The number of hydrogen-bond acceptors (Lipinski definition) is 6. The number of methoxy groups -OCH3 is 1. The van der Waals surface area contributed by atoms with Crippen LogP contribution in [0.3, 0.4) is 0 Å². The highest BCUT2D eigenvalue weighted by Gasteiger charge is 2.41. The molecule has 1 N–H and O–H groups in total. The predicted molar refractivity (Wildman–Crippen MR) is 134 cm³/mol. The first kappa shape index (κ1) is 24.8. The Bertz CT molecular complexity index is 1210. The fraction of sp³-hybridized carbons (Fsp3) is 0.464. The Labute approximate surface area is 206 Å². The molecule has 1 aliphatic carbocycles. The van der Waals surface area contributed by atoms with Gasteiger partial charge in [0.05, 0.1) is 30.9 Å². The SMILES string of the molecule is COC(=O)C1(C)C=C(c2ccnc3c2CCOc2c-3cc(C)cc2[C@@H](C)NC(=O)OC(C)(C)C)C1. The molecule has 1 amide bonds. The molecule has 2 atom stereocenters. The summed E-state index contributed by atoms with van der Waals surface area (Å²) in [7, 11) is 1.42. The van der Waals surface area contributed by atoms with E-state index in [1.807, 2.05) is 65.9 Å². The van der Waals surface area contributed by atoms with Gasteiger partial charge in [0.2, 0.25) is 0 Å². The molecule has 0 saturated carbocycles. The monoisotopic (exact) mass is 478 g/mol. The smallest absolute Gasteiger partial charge is 0.408 e. The van der Waals surface area contributed by atoms with Crippen molar-refractivity contribution in [1.82, 2.24) is 10.3 Å². The molecule has 1 aromatic heterocycles. The number of esters is 1. The third-order valence-electron chi connectivity index (χ3n) is 6.42. The third kappa shape index (κ3) is 4.90. The number of nitrogens with one attached hydrogen (secondary N) is 1. The van der Waals surface area contributed by atoms with Gasteiger partial charge >= 0.3 is 12.1 Å². The lowest BCUT2D eigenvalue weighted by Crippen LogP contribution is -2.34. The van der Waals surface area contributed by atoms with Crippen molar-refractivity contribution < 1.29 is 23.8 Å². The molecular formula is C28H34N2O5. The Morgan fingerprint density at radius 3 is 2.60 bits per heavy atom. The third-order valence-corrected chi connectivity index (χ3v) is 6.42. The molecule has 2 aliphatic rings. The first-order chi connectivity index (χ1) is 16.4. The molecule has 0 fully saturated rings. The second kappa shape index (κ2) is 9.02. The van der Waals surface area contributed by atoms with Crippen molar-refractivity contribution in [3.8, 4) is 17.0 Å². The molecule has 186 valence electrons. The molecule has 4 rings (SSSR count). The van der Waals surface area contributed by atoms with Crippen LogP contribution in [0.15, 0.2) is 30.5 Å². The summed E-state index contributed by atoms with van der Waals surface area (Å²) in [6, 6.07) is 5.80. The van der Waals surface area contributed by atoms with E-state index in [-0.39, 0.29) is 12.0 Å². The molecule has 0 saturated heterocycles. The maximum Gasteiger partial charge on any atom is 0.408 e. The van der Waals surface area contributed by atoms with Crippen molar-refractivity contribution in [3.05, 3.63) is 52.7 Å². The number of aromatic nitrogens is 1. The van der Waals surface area contributed by atoms with Gasteiger partial charge in [-0.25, -0.2) is 4.79 Å². The zero-order valence-corrected chi connectivity index (χ0v) is 21.6. The van der Waals surface area contributed by atoms with E-state index in [1.54, 1.807) is 0 Å². The summed E-state index contributed by atoms with van der Waals surface area (Å²) in [4.78, 5) is 29.3. The fourth-order valence-corrected chi connectivity index (χ4v) is 4.84. The fourth-order valence-electron chi connectivity index (χ4n) is 4.84. The Hall–Kier alpha value is -3.35. The molecule has 35 heavy (non-hydrogen) atoms. The Kier molecular flexibility index (Phi) is 6.38. The van der Waals surface area contributed by atoms with Crippen molar-refractivity contribution in [1.29, 1.82) is 0 Å². The van der Waals surface area contributed by atoms with Gasteiger partial charge in [-0.3, -0.25) is 9.78 Å². The number of carbonyl (C=O) groups excluding carboxylic acids is 2. The highest BCUT2D eigenvalue weighted by molar-refractivity contribution is 5.91. The molecule has 0 bridgehead atoms. The zero-order chi connectivity index (χ0) is 25.5. The van der Waals surface area contributed by atoms with Crippen LogP contribution in [0, 0.1) is 12.3 Å². The minimum absolute atomic E-state index is 0.221. The second-order valence-electron chi connectivity index (χ2n) is 10.6. The molecule has 0 spiro atoms. The number of alkyl carbamates (subject to hydrolysis) is 1. The van der Waals surface area contributed by atoms with Crippen LogP contribution in [0.1, 0.15) is 69.3 Å². The van der Waals surface area contributed by atoms with Crippen LogP contribution in [0.2, 0.25) is 0 Å². The van der Waals surface area contributed by atoms with E-state index in [4.69, 9.17) is 19.2 Å². The van der Waals surface area contributed by atoms with Crippen molar-refractivity contribution in [2.75, 3.05) is 13.7 Å². The van der Waals surface area contributed by atoms with E-state index in [2.05, 4.69) is 11.4 Å². The van der Waals surface area contributed by atoms with Crippen LogP contribution in [0.5, 0.6) is 5.75 Å². The average Bonchev–Trinajstić information content (AvgIpc) is 2.93. The summed E-state index contributed by atoms with van der Waals surface area (Å²) < 4.78 is 16.7. The van der Waals surface area contributed by atoms with Crippen molar-refractivity contribution in [2.24, 2.45) is 5.41 Å². The minimum Gasteiger partial charge on any atom is -0.492 e. The van der Waals surface area contributed by atoms with Crippen LogP contribution in [-0.2, 0) is 20.7 Å². The van der Waals surface area contributed by atoms with Gasteiger partial charge in [0.25, 0.3) is 0 Å². The predicted octanol–water partition coefficient (Wildman–Crippen LogP) is 5.54. The minimum atomic E-state index is -0.591. The second-order valence-corrected chi connectivity index (χ2v) is 10.6. The quantitative estimate of drug-likeness (QED) is 0.580. The summed E-state index contributed by atoms with van der Waals surface area (Å²) in [5.74, 6) is 0.506. The number of nitrogens with zero attached hydrogens (tertiary/aromatic N) is 1. The first-order valence-corrected chi connectivity index (χ1v) is 12.0. The molecule has 2 heterocycles. The summed E-state index contributed by atoms with van der Waals surface area (Å²) in [5, 5.41) is 2.93. The first-order valence-electron chi connectivity index (χ1n) is 12.0. The number of aryl methyl sites for hydroxylation is 1. The molecule has 0 radical (unpaired) electrons. The van der Waals surface area contributed by atoms with Gasteiger partial charge in [-0.15, -0.1) is 0 Å². The van der Waals surface area contributed by atoms with Gasteiger partial charge in [-0.1, -0.05) is 12.1 Å². The molecule has 1 unspecified atom stereocenters. The lowest BCUT2D eigenvalue weighted by molar-refractivity contribution is -0.149. The lowest BCUT2D eigenvalue weighted by Gasteiger charge is -2.34. The van der Waals surface area contributed by atoms with Gasteiger partial charge in [0.15, 0.2) is 0 Å². The number of rotatable bonds is 4. The highest BCUT2D eigenvalue weighted by atomic mass is 16.6. The topological polar surface area (TPSA) is 86.8 Å². The van der Waals surface area contributed by atoms with Crippen LogP contribution < -0.4 is 10.1 Å². The zero-order valence-electron chi connectivity index (χ0n) is 21.6. The van der Waals surface area contributed by atoms with Gasteiger partial charge < -0.3 is 19.5 Å². The number of allylic oxidation sites excluding steroid dienone is 1. The Balaban J connectivity index is 1.72. The van der Waals surface area contributed by atoms with Crippen LogP contribution >= 0.6 is 0 Å². The average molecular weight is 479 g/mol. The molecular weight excluding hydrogens is 444 g/mol. The molecule has 7 nitrogen and oxygen atoms in total. The van der Waals surface area contributed by atoms with Crippen molar-refractivity contribution in [3.63, 3.8) is 0 Å². The summed E-state index contributed by atoms with van der Waals surface area (Å²) in [6.45, 7) is 11.8. The molecule has 1 aliphatic heterocycles. The number of benzene rings is 1. The normalized spacial score (nSPS) is 19.6. The standard InChI is InChI=1S/C28H34N2O5/c1-16-12-21(17(2)30-26(32)35-27(3,4)5)24-22(13-16)23-20(9-11-34-24)19(8-10-29-23)18-14-28(6,15-18)25(31)33-7/h8,10,12-14,17H,9,11,15H2,1-7H3,(H,30,32)/t17-,28?/m1/s1. The van der Waals surface area contributed by atoms with E-state index < -0.39 is 17.1 Å². The summed E-state index contributed by atoms with van der Waals surface area (Å²) in [5.41, 5.74) is 5.85. The largest absolute Gasteiger partial charge is 0.492 e. The van der Waals surface area contributed by atoms with Gasteiger partial charge in [0.1, 0.15) is 11.4 Å². The van der Waals surface area contributed by atoms with E-state index in [9.17, 15) is 9.59 Å². The lowest BCUT2D eigenvalue weighted by atomic mass is 9.69. The summed E-state index contributed by atoms with van der Waals surface area (Å²) in [6.07, 6.45) is 4.64. The number of pyridine rings is 1. The van der Waals surface area contributed by atoms with E-state index in [0.29, 0.717) is 19.4 Å². The maximum atomic E-state index is 12.4. The van der Waals surface area contributed by atoms with Crippen LogP contribution in [-0.4, -0.2) is 36.4 Å². The number of carbonyl (C=O) groups is 2. The van der Waals surface area contributed by atoms with E-state index >= 15 is 0 Å².